The lowest BCUT2D eigenvalue weighted by molar-refractivity contribution is -0.122. The Kier molecular flexibility index (Phi) is 7.42. The zero-order valence-electron chi connectivity index (χ0n) is 17.2. The smallest absolute Gasteiger partial charge is 0.335 e. The first-order valence-electron chi connectivity index (χ1n) is 9.77. The van der Waals surface area contributed by atoms with Crippen molar-refractivity contribution in [2.45, 2.75) is 6.61 Å². The highest BCUT2D eigenvalue weighted by Crippen LogP contribution is 2.36. The quantitative estimate of drug-likeness (QED) is 0.251. The number of hydrogen-bond acceptors (Lipinski definition) is 4. The number of nitrogens with one attached hydrogen (secondary N) is 1. The highest BCUT2D eigenvalue weighted by atomic mass is 79.9. The van der Waals surface area contributed by atoms with Gasteiger partial charge >= 0.3 is 6.03 Å². The van der Waals surface area contributed by atoms with E-state index in [9.17, 15) is 14.4 Å². The molecular formula is C24H14Br2Cl2N2O4. The highest BCUT2D eigenvalue weighted by Gasteiger charge is 2.37. The Bertz CT molecular complexity index is 1360. The van der Waals surface area contributed by atoms with Crippen LogP contribution in [-0.2, 0) is 16.2 Å². The molecule has 0 radical (unpaired) electrons. The summed E-state index contributed by atoms with van der Waals surface area (Å²) in [5.41, 5.74) is 1.19. The number of imide groups is 2. The summed E-state index contributed by atoms with van der Waals surface area (Å²) in [6, 6.07) is 16.2. The molecule has 3 aromatic carbocycles. The largest absolute Gasteiger partial charge is 0.487 e. The molecule has 10 heteroatoms. The Balaban J connectivity index is 1.73. The van der Waals surface area contributed by atoms with Crippen molar-refractivity contribution in [2.75, 3.05) is 4.90 Å². The summed E-state index contributed by atoms with van der Waals surface area (Å²) in [6.07, 6.45) is 1.37. The van der Waals surface area contributed by atoms with Crippen molar-refractivity contribution in [2.24, 2.45) is 0 Å². The van der Waals surface area contributed by atoms with Crippen LogP contribution in [0.2, 0.25) is 10.0 Å². The summed E-state index contributed by atoms with van der Waals surface area (Å²) in [6.45, 7) is 0.196. The number of anilines is 1. The van der Waals surface area contributed by atoms with E-state index < -0.39 is 17.8 Å². The standard InChI is InChI=1S/C24H14Br2Cl2N2O4/c25-15-9-14(21(18(26)11-15)34-12-13-4-3-5-16(27)8-13)10-17-22(31)29-24(33)30(23(17)32)20-7-2-1-6-19(20)28/h1-11H,12H2,(H,29,31,33)/b17-10+. The highest BCUT2D eigenvalue weighted by molar-refractivity contribution is 9.11. The minimum Gasteiger partial charge on any atom is -0.487 e. The molecule has 0 bridgehead atoms. The minimum absolute atomic E-state index is 0.165. The van der Waals surface area contributed by atoms with E-state index in [2.05, 4.69) is 37.2 Å². The fourth-order valence-corrected chi connectivity index (χ4v) is 5.09. The molecule has 1 aliphatic heterocycles. The fraction of sp³-hybridized carbons (Fsp3) is 0.0417. The number of hydrogen-bond donors (Lipinski definition) is 1. The van der Waals surface area contributed by atoms with Crippen molar-refractivity contribution in [3.05, 3.63) is 96.4 Å². The first kappa shape index (κ1) is 24.5. The number of amides is 4. The van der Waals surface area contributed by atoms with E-state index in [4.69, 9.17) is 27.9 Å². The summed E-state index contributed by atoms with van der Waals surface area (Å²) in [7, 11) is 0. The van der Waals surface area contributed by atoms with Gasteiger partial charge in [0.05, 0.1) is 15.2 Å². The predicted molar refractivity (Wildman–Crippen MR) is 138 cm³/mol. The predicted octanol–water partition coefficient (Wildman–Crippen LogP) is 6.76. The number of benzene rings is 3. The Morgan fingerprint density at radius 1 is 0.971 bits per heavy atom. The average Bonchev–Trinajstić information content (AvgIpc) is 2.77. The summed E-state index contributed by atoms with van der Waals surface area (Å²) < 4.78 is 7.29. The second-order valence-electron chi connectivity index (χ2n) is 7.13. The molecule has 4 amide bonds. The maximum absolute atomic E-state index is 13.2. The van der Waals surface area contributed by atoms with E-state index in [0.717, 1.165) is 10.5 Å². The molecule has 0 unspecified atom stereocenters. The van der Waals surface area contributed by atoms with Crippen LogP contribution in [0.3, 0.4) is 0 Å². The average molecular weight is 625 g/mol. The molecule has 1 aliphatic rings. The number of nitrogens with zero attached hydrogens (tertiary/aromatic N) is 1. The molecule has 0 atom stereocenters. The minimum atomic E-state index is -0.881. The van der Waals surface area contributed by atoms with E-state index in [1.165, 1.54) is 12.1 Å². The van der Waals surface area contributed by atoms with Gasteiger partial charge in [0, 0.05) is 15.1 Å². The van der Waals surface area contributed by atoms with Crippen LogP contribution in [0.15, 0.2) is 75.2 Å². The number of urea groups is 1. The molecular weight excluding hydrogens is 611 g/mol. The van der Waals surface area contributed by atoms with Gasteiger partial charge < -0.3 is 4.74 Å². The van der Waals surface area contributed by atoms with Crippen molar-refractivity contribution in [1.82, 2.24) is 5.32 Å². The number of barbiturate groups is 1. The summed E-state index contributed by atoms with van der Waals surface area (Å²) in [5, 5.41) is 2.96. The number of rotatable bonds is 5. The van der Waals surface area contributed by atoms with Crippen LogP contribution >= 0.6 is 55.1 Å². The number of halogens is 4. The normalized spacial score (nSPS) is 15.0. The Morgan fingerprint density at radius 2 is 1.74 bits per heavy atom. The second kappa shape index (κ2) is 10.3. The van der Waals surface area contributed by atoms with Gasteiger partial charge in [-0.1, -0.05) is 63.4 Å². The van der Waals surface area contributed by atoms with Crippen LogP contribution in [0.4, 0.5) is 10.5 Å². The van der Waals surface area contributed by atoms with Crippen LogP contribution in [0.5, 0.6) is 5.75 Å². The first-order chi connectivity index (χ1) is 16.2. The number of ether oxygens (including phenoxy) is 1. The van der Waals surface area contributed by atoms with Gasteiger partial charge in [-0.05, 0) is 64.0 Å². The Labute approximate surface area is 221 Å². The second-order valence-corrected chi connectivity index (χ2v) is 9.75. The van der Waals surface area contributed by atoms with Crippen molar-refractivity contribution in [3.8, 4) is 5.75 Å². The first-order valence-corrected chi connectivity index (χ1v) is 12.1. The molecule has 0 saturated carbocycles. The number of para-hydroxylation sites is 1. The van der Waals surface area contributed by atoms with Gasteiger partial charge in [0.25, 0.3) is 11.8 Å². The summed E-state index contributed by atoms with van der Waals surface area (Å²) in [4.78, 5) is 39.2. The van der Waals surface area contributed by atoms with Crippen LogP contribution in [0, 0.1) is 0 Å². The van der Waals surface area contributed by atoms with Crippen molar-refractivity contribution >= 4 is 84.7 Å². The lowest BCUT2D eigenvalue weighted by atomic mass is 10.1. The van der Waals surface area contributed by atoms with E-state index in [1.54, 1.807) is 42.5 Å². The van der Waals surface area contributed by atoms with Crippen molar-refractivity contribution in [1.29, 1.82) is 0 Å². The molecule has 3 aromatic rings. The molecule has 6 nitrogen and oxygen atoms in total. The third-order valence-corrected chi connectivity index (χ3v) is 6.41. The SMILES string of the molecule is O=C1NC(=O)N(c2ccccc2Cl)C(=O)/C1=C/c1cc(Br)cc(Br)c1OCc1cccc(Cl)c1. The van der Waals surface area contributed by atoms with Crippen LogP contribution in [0.1, 0.15) is 11.1 Å². The number of carbonyl (C=O) groups excluding carboxylic acids is 3. The Morgan fingerprint density at radius 3 is 2.47 bits per heavy atom. The van der Waals surface area contributed by atoms with Crippen molar-refractivity contribution < 1.29 is 19.1 Å². The van der Waals surface area contributed by atoms with E-state index in [1.807, 2.05) is 12.1 Å². The molecule has 0 spiro atoms. The molecule has 4 rings (SSSR count). The molecule has 1 N–H and O–H groups in total. The number of carbonyl (C=O) groups is 3. The topological polar surface area (TPSA) is 75.7 Å². The monoisotopic (exact) mass is 622 g/mol. The van der Waals surface area contributed by atoms with Gasteiger partial charge in [-0.25, -0.2) is 9.69 Å². The molecule has 34 heavy (non-hydrogen) atoms. The van der Waals surface area contributed by atoms with Crippen LogP contribution < -0.4 is 15.0 Å². The van der Waals surface area contributed by atoms with Gasteiger partial charge in [0.15, 0.2) is 0 Å². The van der Waals surface area contributed by atoms with Crippen LogP contribution in [-0.4, -0.2) is 17.8 Å². The third kappa shape index (κ3) is 5.20. The van der Waals surface area contributed by atoms with E-state index in [-0.39, 0.29) is 22.9 Å². The fourth-order valence-electron chi connectivity index (χ4n) is 3.29. The molecule has 1 saturated heterocycles. The van der Waals surface area contributed by atoms with Gasteiger partial charge in [-0.15, -0.1) is 0 Å². The lowest BCUT2D eigenvalue weighted by Crippen LogP contribution is -2.54. The molecule has 0 aliphatic carbocycles. The molecule has 172 valence electrons. The van der Waals surface area contributed by atoms with Gasteiger partial charge in [-0.2, -0.15) is 0 Å². The zero-order valence-corrected chi connectivity index (χ0v) is 21.8. The Hall–Kier alpha value is -2.65. The van der Waals surface area contributed by atoms with Gasteiger partial charge in [0.1, 0.15) is 17.9 Å². The lowest BCUT2D eigenvalue weighted by Gasteiger charge is -2.27. The third-order valence-electron chi connectivity index (χ3n) is 4.80. The zero-order chi connectivity index (χ0) is 24.4. The van der Waals surface area contributed by atoms with E-state index in [0.29, 0.717) is 25.3 Å². The molecule has 0 aromatic heterocycles. The van der Waals surface area contributed by atoms with Gasteiger partial charge in [-0.3, -0.25) is 14.9 Å². The maximum Gasteiger partial charge on any atom is 0.335 e. The molecule has 1 heterocycles. The van der Waals surface area contributed by atoms with Crippen molar-refractivity contribution in [3.63, 3.8) is 0 Å². The van der Waals surface area contributed by atoms with Gasteiger partial charge in [0.2, 0.25) is 0 Å². The van der Waals surface area contributed by atoms with E-state index >= 15 is 0 Å². The maximum atomic E-state index is 13.2. The molecule has 1 fully saturated rings. The van der Waals surface area contributed by atoms with Crippen LogP contribution in [0.25, 0.3) is 6.08 Å². The summed E-state index contributed by atoms with van der Waals surface area (Å²) in [5.74, 6) is -1.23. The summed E-state index contributed by atoms with van der Waals surface area (Å²) >= 11 is 19.1.